The van der Waals surface area contributed by atoms with Crippen LogP contribution < -0.4 is 10.6 Å². The van der Waals surface area contributed by atoms with Crippen LogP contribution in [0.25, 0.3) is 0 Å². The van der Waals surface area contributed by atoms with Gasteiger partial charge in [0.05, 0.1) is 18.2 Å². The molecule has 1 amide bonds. The zero-order chi connectivity index (χ0) is 15.8. The van der Waals surface area contributed by atoms with Gasteiger partial charge in [0.25, 0.3) is 5.91 Å². The Morgan fingerprint density at radius 3 is 2.77 bits per heavy atom. The van der Waals surface area contributed by atoms with Gasteiger partial charge >= 0.3 is 0 Å². The summed E-state index contributed by atoms with van der Waals surface area (Å²) in [6, 6.07) is 10.2. The third kappa shape index (κ3) is 4.26. The first-order valence-corrected chi connectivity index (χ1v) is 6.59. The van der Waals surface area contributed by atoms with E-state index in [4.69, 9.17) is 10.00 Å². The molecular weight excluding hydrogens is 282 g/mol. The van der Waals surface area contributed by atoms with Crippen molar-refractivity contribution in [3.8, 4) is 6.07 Å². The molecule has 0 fully saturated rings. The molecule has 0 aliphatic carbocycles. The number of ether oxygens (including phenoxy) is 1. The fourth-order valence-electron chi connectivity index (χ4n) is 1.68. The number of nitrogens with one attached hydrogen (secondary N) is 2. The number of carbonyl (C=O) groups is 1. The Morgan fingerprint density at radius 2 is 2.09 bits per heavy atom. The van der Waals surface area contributed by atoms with Crippen LogP contribution in [0.3, 0.4) is 0 Å². The van der Waals surface area contributed by atoms with Crippen molar-refractivity contribution in [1.82, 2.24) is 9.97 Å². The van der Waals surface area contributed by atoms with E-state index in [0.29, 0.717) is 30.2 Å². The van der Waals surface area contributed by atoms with Gasteiger partial charge in [-0.2, -0.15) is 5.26 Å². The Bertz CT molecular complexity index is 679. The molecule has 1 aromatic heterocycles. The third-order valence-electron chi connectivity index (χ3n) is 2.78. The highest BCUT2D eigenvalue weighted by Gasteiger charge is 2.09. The highest BCUT2D eigenvalue weighted by Crippen LogP contribution is 2.11. The normalized spacial score (nSPS) is 9.82. The topological polar surface area (TPSA) is 99.9 Å². The van der Waals surface area contributed by atoms with Crippen molar-refractivity contribution in [3.63, 3.8) is 0 Å². The van der Waals surface area contributed by atoms with Crippen molar-refractivity contribution in [2.24, 2.45) is 0 Å². The van der Waals surface area contributed by atoms with Crippen molar-refractivity contribution in [3.05, 3.63) is 47.9 Å². The van der Waals surface area contributed by atoms with Crippen molar-refractivity contribution in [2.45, 2.75) is 0 Å². The van der Waals surface area contributed by atoms with Gasteiger partial charge in [-0.15, -0.1) is 0 Å². The number of methoxy groups -OCH3 is 1. The molecule has 0 spiro atoms. The zero-order valence-electron chi connectivity index (χ0n) is 12.0. The van der Waals surface area contributed by atoms with Gasteiger partial charge < -0.3 is 15.4 Å². The van der Waals surface area contributed by atoms with Gasteiger partial charge in [-0.3, -0.25) is 4.79 Å². The minimum atomic E-state index is -0.345. The van der Waals surface area contributed by atoms with E-state index in [0.717, 1.165) is 0 Å². The number of hydrogen-bond donors (Lipinski definition) is 2. The summed E-state index contributed by atoms with van der Waals surface area (Å²) < 4.78 is 4.93. The highest BCUT2D eigenvalue weighted by atomic mass is 16.5. The van der Waals surface area contributed by atoms with Gasteiger partial charge in [-0.25, -0.2) is 9.97 Å². The van der Waals surface area contributed by atoms with Crippen LogP contribution in [0.2, 0.25) is 0 Å². The van der Waals surface area contributed by atoms with Crippen molar-refractivity contribution in [1.29, 1.82) is 5.26 Å². The fraction of sp³-hybridized carbons (Fsp3) is 0.200. The lowest BCUT2D eigenvalue weighted by molar-refractivity contribution is 0.102. The van der Waals surface area contributed by atoms with E-state index in [-0.39, 0.29) is 11.6 Å². The third-order valence-corrected chi connectivity index (χ3v) is 2.78. The van der Waals surface area contributed by atoms with Gasteiger partial charge in [-0.1, -0.05) is 0 Å². The first-order chi connectivity index (χ1) is 10.7. The van der Waals surface area contributed by atoms with E-state index in [1.54, 1.807) is 37.4 Å². The molecule has 7 heteroatoms. The number of nitriles is 1. The summed E-state index contributed by atoms with van der Waals surface area (Å²) in [5.41, 5.74) is 1.38. The molecule has 2 rings (SSSR count). The minimum Gasteiger partial charge on any atom is -0.383 e. The largest absolute Gasteiger partial charge is 0.383 e. The molecule has 0 radical (unpaired) electrons. The van der Waals surface area contributed by atoms with Crippen LogP contribution in [0.1, 0.15) is 16.1 Å². The van der Waals surface area contributed by atoms with Crippen molar-refractivity contribution < 1.29 is 9.53 Å². The van der Waals surface area contributed by atoms with E-state index < -0.39 is 0 Å². The average Bonchev–Trinajstić information content (AvgIpc) is 2.56. The van der Waals surface area contributed by atoms with E-state index in [9.17, 15) is 4.79 Å². The van der Waals surface area contributed by atoms with Crippen LogP contribution in [0.15, 0.2) is 36.7 Å². The van der Waals surface area contributed by atoms with Gasteiger partial charge in [0.2, 0.25) is 0 Å². The lowest BCUT2D eigenvalue weighted by atomic mass is 10.2. The first kappa shape index (κ1) is 15.4. The summed E-state index contributed by atoms with van der Waals surface area (Å²) in [6.45, 7) is 1.13. The molecule has 0 aliphatic heterocycles. The van der Waals surface area contributed by atoms with Gasteiger partial charge in [-0.05, 0) is 24.3 Å². The number of nitrogens with zero attached hydrogens (tertiary/aromatic N) is 3. The van der Waals surface area contributed by atoms with Gasteiger partial charge in [0, 0.05) is 25.4 Å². The second-order valence-corrected chi connectivity index (χ2v) is 4.35. The molecule has 0 aliphatic rings. The smallest absolute Gasteiger partial charge is 0.274 e. The number of rotatable bonds is 6. The van der Waals surface area contributed by atoms with Crippen molar-refractivity contribution in [2.75, 3.05) is 30.9 Å². The Labute approximate surface area is 128 Å². The summed E-state index contributed by atoms with van der Waals surface area (Å²) >= 11 is 0. The zero-order valence-corrected chi connectivity index (χ0v) is 12.0. The summed E-state index contributed by atoms with van der Waals surface area (Å²) in [6.07, 6.45) is 1.32. The van der Waals surface area contributed by atoms with Crippen LogP contribution in [0.4, 0.5) is 11.5 Å². The molecule has 22 heavy (non-hydrogen) atoms. The number of anilines is 2. The molecule has 1 aromatic carbocycles. The molecule has 2 aromatic rings. The first-order valence-electron chi connectivity index (χ1n) is 6.59. The Kier molecular flexibility index (Phi) is 5.40. The monoisotopic (exact) mass is 297 g/mol. The highest BCUT2D eigenvalue weighted by molar-refractivity contribution is 6.03. The van der Waals surface area contributed by atoms with Crippen LogP contribution in [-0.2, 0) is 4.74 Å². The number of hydrogen-bond acceptors (Lipinski definition) is 6. The molecule has 0 saturated heterocycles. The number of carbonyl (C=O) groups excluding carboxylic acids is 1. The summed E-state index contributed by atoms with van der Waals surface area (Å²) in [4.78, 5) is 20.1. The lowest BCUT2D eigenvalue weighted by Crippen LogP contribution is -2.15. The fourth-order valence-corrected chi connectivity index (χ4v) is 1.68. The summed E-state index contributed by atoms with van der Waals surface area (Å²) in [7, 11) is 1.61. The van der Waals surface area contributed by atoms with Crippen LogP contribution >= 0.6 is 0 Å². The van der Waals surface area contributed by atoms with E-state index in [1.807, 2.05) is 6.07 Å². The number of aromatic nitrogens is 2. The van der Waals surface area contributed by atoms with E-state index in [2.05, 4.69) is 20.6 Å². The molecule has 112 valence electrons. The Morgan fingerprint density at radius 1 is 1.32 bits per heavy atom. The molecule has 0 unspecified atom stereocenters. The van der Waals surface area contributed by atoms with Gasteiger partial charge in [0.15, 0.2) is 0 Å². The lowest BCUT2D eigenvalue weighted by Gasteiger charge is -2.07. The Hall–Kier alpha value is -2.98. The molecule has 2 N–H and O–H groups in total. The molecule has 0 saturated carbocycles. The van der Waals surface area contributed by atoms with Gasteiger partial charge in [0.1, 0.15) is 17.8 Å². The minimum absolute atomic E-state index is 0.249. The molecular formula is C15H15N5O2. The maximum atomic E-state index is 12.1. The second kappa shape index (κ2) is 7.71. The SMILES string of the molecule is COCCNc1cc(C(=O)Nc2ccc(C#N)cc2)ncn1. The summed E-state index contributed by atoms with van der Waals surface area (Å²) in [5, 5.41) is 14.5. The molecule has 0 atom stereocenters. The predicted molar refractivity (Wildman–Crippen MR) is 81.5 cm³/mol. The Balaban J connectivity index is 2.02. The van der Waals surface area contributed by atoms with Crippen LogP contribution in [0.5, 0.6) is 0 Å². The predicted octanol–water partition coefficient (Wildman–Crippen LogP) is 1.66. The number of amides is 1. The quantitative estimate of drug-likeness (QED) is 0.786. The molecule has 0 bridgehead atoms. The van der Waals surface area contributed by atoms with Crippen LogP contribution in [-0.4, -0.2) is 36.1 Å². The van der Waals surface area contributed by atoms with Crippen LogP contribution in [0, 0.1) is 11.3 Å². The van der Waals surface area contributed by atoms with E-state index >= 15 is 0 Å². The van der Waals surface area contributed by atoms with E-state index in [1.165, 1.54) is 6.33 Å². The number of benzene rings is 1. The average molecular weight is 297 g/mol. The summed E-state index contributed by atoms with van der Waals surface area (Å²) in [5.74, 6) is 0.207. The standard InChI is InChI=1S/C15H15N5O2/c1-22-7-6-17-14-8-13(18-10-19-14)15(21)20-12-4-2-11(9-16)3-5-12/h2-5,8,10H,6-7H2,1H3,(H,20,21)(H,17,18,19). The molecule has 7 nitrogen and oxygen atoms in total. The van der Waals surface area contributed by atoms with Crippen molar-refractivity contribution >= 4 is 17.4 Å². The maximum Gasteiger partial charge on any atom is 0.274 e. The molecule has 1 heterocycles. The second-order valence-electron chi connectivity index (χ2n) is 4.35. The maximum absolute atomic E-state index is 12.1.